The predicted molar refractivity (Wildman–Crippen MR) is 273 cm³/mol. The molecule has 2 bridgehead atoms. The SMILES string of the molecule is COC1CC(C[C@@H](C)[C@@H]2CC[C@H](C)/C=C(\C)C(O)[C@@H](OC)C(=O)C(C)C[C@H](C)/C=C/C=C/C=C(\C)C(Nc3ccc(C)cc3)C[C@@H]3CCC(C)C(O)(O3)C(=O)C(=O)N3CCCCC3C(=O)O2)CC[C@H]1O. The number of ketones is 2. The van der Waals surface area contributed by atoms with Gasteiger partial charge in [-0.25, -0.2) is 4.79 Å². The Bertz CT molecular complexity index is 2010. The van der Waals surface area contributed by atoms with Crippen LogP contribution in [0.4, 0.5) is 5.69 Å². The first-order valence-electron chi connectivity index (χ1n) is 26.2. The lowest BCUT2D eigenvalue weighted by Gasteiger charge is -2.43. The molecule has 1 aliphatic carbocycles. The fourth-order valence-electron chi connectivity index (χ4n) is 11.1. The molecule has 2 saturated heterocycles. The number of carbonyl (C=O) groups excluding carboxylic acids is 4. The number of amides is 1. The fraction of sp³-hybridized carbons (Fsp3) is 0.684. The van der Waals surface area contributed by atoms with Crippen LogP contribution < -0.4 is 5.32 Å². The van der Waals surface area contributed by atoms with Crippen LogP contribution in [-0.2, 0) is 38.1 Å². The molecule has 0 radical (unpaired) electrons. The highest BCUT2D eigenvalue weighted by Gasteiger charge is 2.53. The van der Waals surface area contributed by atoms with Crippen molar-refractivity contribution < 1.29 is 53.4 Å². The van der Waals surface area contributed by atoms with E-state index in [2.05, 4.69) is 25.2 Å². The van der Waals surface area contributed by atoms with Gasteiger partial charge in [-0.2, -0.15) is 0 Å². The highest BCUT2D eigenvalue weighted by molar-refractivity contribution is 6.39. The van der Waals surface area contributed by atoms with Crippen LogP contribution in [0.25, 0.3) is 0 Å². The second kappa shape index (κ2) is 26.6. The number of nitrogens with zero attached hydrogens (tertiary/aromatic N) is 1. The molecule has 5 rings (SSSR count). The van der Waals surface area contributed by atoms with Crippen LogP contribution in [-0.4, -0.2) is 119 Å². The van der Waals surface area contributed by atoms with Crippen molar-refractivity contribution in [2.45, 2.75) is 193 Å². The Morgan fingerprint density at radius 2 is 1.54 bits per heavy atom. The van der Waals surface area contributed by atoms with Gasteiger partial charge in [-0.1, -0.05) is 94.3 Å². The van der Waals surface area contributed by atoms with Crippen LogP contribution in [0.3, 0.4) is 0 Å². The quantitative estimate of drug-likeness (QED) is 0.116. The van der Waals surface area contributed by atoms with E-state index in [1.165, 1.54) is 12.0 Å². The molecule has 15 atom stereocenters. The predicted octanol–water partition coefficient (Wildman–Crippen LogP) is 8.78. The number of nitrogens with one attached hydrogen (secondary N) is 1. The van der Waals surface area contributed by atoms with Crippen molar-refractivity contribution in [2.24, 2.45) is 35.5 Å². The van der Waals surface area contributed by atoms with Gasteiger partial charge in [0.05, 0.1) is 18.3 Å². The number of hydrogen-bond donors (Lipinski definition) is 4. The number of fused-ring (bicyclic) bond motifs is 3. The van der Waals surface area contributed by atoms with Crippen molar-refractivity contribution in [1.29, 1.82) is 0 Å². The van der Waals surface area contributed by atoms with E-state index in [0.29, 0.717) is 76.2 Å². The number of anilines is 1. The second-order valence-electron chi connectivity index (χ2n) is 21.5. The fourth-order valence-corrected chi connectivity index (χ4v) is 11.1. The minimum Gasteiger partial charge on any atom is -0.461 e. The standard InChI is InChI=1S/C57H86N2O11/c1-35-19-24-44(25-20-35)58-46-34-45-26-22-42(8)57(66,70-45)54(63)55(64)59-29-15-14-18-47(59)56(65)69-49(39(5)32-43-23-27-48(60)50(33-43)67-9)28-21-37(3)31-41(7)52(62)53(68-10)51(61)40(6)30-36(2)16-12-11-13-17-38(46)4/h11-13,16-17,19-20,24-25,31,36-37,39-40,42-43,45-50,52-53,58,60,62,66H,14-15,18,21-23,26-30,32-34H2,1-10H3/b13-11+,16-12+,38-17+,41-31+/t36-,37+,39-,40?,42?,43?,45+,46?,47?,48-,49+,50?,52?,53+,57?/m1/s1. The van der Waals surface area contributed by atoms with Gasteiger partial charge in [-0.05, 0) is 146 Å². The molecule has 0 spiro atoms. The van der Waals surface area contributed by atoms with Crippen molar-refractivity contribution in [3.63, 3.8) is 0 Å². The summed E-state index contributed by atoms with van der Waals surface area (Å²) in [5.41, 5.74) is 3.61. The molecule has 3 aliphatic heterocycles. The topological polar surface area (TPSA) is 181 Å². The van der Waals surface area contributed by atoms with Crippen LogP contribution >= 0.6 is 0 Å². The van der Waals surface area contributed by atoms with Gasteiger partial charge in [0, 0.05) is 44.3 Å². The molecule has 13 nitrogen and oxygen atoms in total. The average Bonchev–Trinajstić information content (AvgIpc) is 3.33. The number of allylic oxidation sites excluding steroid dienone is 6. The molecule has 1 aromatic carbocycles. The van der Waals surface area contributed by atoms with E-state index >= 15 is 0 Å². The van der Waals surface area contributed by atoms with Gasteiger partial charge >= 0.3 is 5.97 Å². The molecule has 1 saturated carbocycles. The summed E-state index contributed by atoms with van der Waals surface area (Å²) in [6.07, 6.45) is 15.1. The first-order valence-corrected chi connectivity index (χ1v) is 26.2. The molecule has 3 fully saturated rings. The summed E-state index contributed by atoms with van der Waals surface area (Å²) in [4.78, 5) is 58.5. The molecule has 70 heavy (non-hydrogen) atoms. The highest BCUT2D eigenvalue weighted by atomic mass is 16.6. The van der Waals surface area contributed by atoms with E-state index in [1.54, 1.807) is 21.0 Å². The van der Waals surface area contributed by atoms with Crippen LogP contribution in [0.1, 0.15) is 138 Å². The third-order valence-electron chi connectivity index (χ3n) is 15.7. The maximum absolute atomic E-state index is 14.5. The van der Waals surface area contributed by atoms with E-state index in [0.717, 1.165) is 29.7 Å². The molecule has 390 valence electrons. The number of carbonyl (C=O) groups is 4. The number of esters is 1. The lowest BCUT2D eigenvalue weighted by Crippen LogP contribution is -2.61. The molecule has 1 aromatic rings. The van der Waals surface area contributed by atoms with Crippen LogP contribution in [0, 0.1) is 42.4 Å². The zero-order valence-electron chi connectivity index (χ0n) is 43.8. The van der Waals surface area contributed by atoms with Crippen molar-refractivity contribution in [3.8, 4) is 0 Å². The van der Waals surface area contributed by atoms with Crippen molar-refractivity contribution >= 4 is 29.1 Å². The minimum absolute atomic E-state index is 0.0578. The van der Waals surface area contributed by atoms with Gasteiger partial charge in [0.1, 0.15) is 24.4 Å². The van der Waals surface area contributed by atoms with Crippen LogP contribution in [0.15, 0.2) is 71.9 Å². The third-order valence-corrected chi connectivity index (χ3v) is 15.7. The summed E-state index contributed by atoms with van der Waals surface area (Å²) in [7, 11) is 3.06. The summed E-state index contributed by atoms with van der Waals surface area (Å²) in [6, 6.07) is 6.78. The number of ether oxygens (including phenoxy) is 4. The van der Waals surface area contributed by atoms with Gasteiger partial charge < -0.3 is 44.5 Å². The van der Waals surface area contributed by atoms with E-state index in [1.807, 2.05) is 82.3 Å². The number of aliphatic hydroxyl groups is 3. The Morgan fingerprint density at radius 3 is 2.24 bits per heavy atom. The zero-order chi connectivity index (χ0) is 51.3. The minimum atomic E-state index is -2.40. The summed E-state index contributed by atoms with van der Waals surface area (Å²) >= 11 is 0. The molecule has 3 heterocycles. The first-order chi connectivity index (χ1) is 33.3. The normalized spacial score (nSPS) is 38.2. The summed E-state index contributed by atoms with van der Waals surface area (Å²) in [5.74, 6) is -6.13. The zero-order valence-corrected chi connectivity index (χ0v) is 43.8. The maximum atomic E-state index is 14.5. The van der Waals surface area contributed by atoms with Crippen molar-refractivity contribution in [3.05, 3.63) is 77.4 Å². The van der Waals surface area contributed by atoms with E-state index in [-0.39, 0.29) is 54.1 Å². The summed E-state index contributed by atoms with van der Waals surface area (Å²) in [5, 5.41) is 37.9. The molecule has 4 aliphatic rings. The largest absolute Gasteiger partial charge is 0.461 e. The molecule has 8 unspecified atom stereocenters. The van der Waals surface area contributed by atoms with Gasteiger partial charge in [0.15, 0.2) is 5.78 Å². The second-order valence-corrected chi connectivity index (χ2v) is 21.5. The Labute approximate surface area is 418 Å². The van der Waals surface area contributed by atoms with Crippen LogP contribution in [0.2, 0.25) is 0 Å². The summed E-state index contributed by atoms with van der Waals surface area (Å²) in [6.45, 7) is 15.7. The number of hydrogen-bond acceptors (Lipinski definition) is 12. The molecule has 13 heteroatoms. The Balaban J connectivity index is 1.48. The number of rotatable bonds is 7. The smallest absolute Gasteiger partial charge is 0.329 e. The average molecular weight is 975 g/mol. The van der Waals surface area contributed by atoms with E-state index in [4.69, 9.17) is 18.9 Å². The van der Waals surface area contributed by atoms with Crippen molar-refractivity contribution in [1.82, 2.24) is 4.90 Å². The van der Waals surface area contributed by atoms with Gasteiger partial charge in [-0.15, -0.1) is 0 Å². The Kier molecular flexibility index (Phi) is 21.7. The Hall–Kier alpha value is -3.98. The van der Waals surface area contributed by atoms with Gasteiger partial charge in [-0.3, -0.25) is 14.4 Å². The van der Waals surface area contributed by atoms with Gasteiger partial charge in [0.25, 0.3) is 11.7 Å². The summed E-state index contributed by atoms with van der Waals surface area (Å²) < 4.78 is 24.1. The monoisotopic (exact) mass is 975 g/mol. The number of cyclic esters (lactones) is 1. The van der Waals surface area contributed by atoms with Gasteiger partial charge in [0.2, 0.25) is 5.79 Å². The molecular formula is C57H86N2O11. The van der Waals surface area contributed by atoms with Crippen LogP contribution in [0.5, 0.6) is 0 Å². The maximum Gasteiger partial charge on any atom is 0.329 e. The number of benzene rings is 1. The molecular weight excluding hydrogens is 889 g/mol. The highest BCUT2D eigenvalue weighted by Crippen LogP contribution is 2.38. The van der Waals surface area contributed by atoms with E-state index < -0.39 is 65.9 Å². The Morgan fingerprint density at radius 1 is 0.814 bits per heavy atom. The molecule has 0 aromatic heterocycles. The third kappa shape index (κ3) is 15.3. The number of aliphatic hydroxyl groups excluding tert-OH is 2. The molecule has 4 N–H and O–H groups in total. The lowest BCUT2D eigenvalue weighted by molar-refractivity contribution is -0.263. The van der Waals surface area contributed by atoms with E-state index in [9.17, 15) is 34.5 Å². The lowest BCUT2D eigenvalue weighted by atomic mass is 9.78. The number of aryl methyl sites for hydroxylation is 1. The first kappa shape index (κ1) is 56.9. The number of methoxy groups -OCH3 is 2. The number of Topliss-reactive ketones (excluding diaryl/α,β-unsaturated/α-hetero) is 2. The molecule has 1 amide bonds. The van der Waals surface area contributed by atoms with Crippen molar-refractivity contribution in [2.75, 3.05) is 26.1 Å². The number of piperidine rings is 1.